The van der Waals surface area contributed by atoms with Crippen molar-refractivity contribution in [1.29, 1.82) is 0 Å². The van der Waals surface area contributed by atoms with Gasteiger partial charge in [0.15, 0.2) is 5.82 Å². The zero-order valence-electron chi connectivity index (χ0n) is 19.6. The molecule has 0 atom stereocenters. The van der Waals surface area contributed by atoms with Gasteiger partial charge in [0.25, 0.3) is 0 Å². The fourth-order valence-corrected chi connectivity index (χ4v) is 5.91. The first-order valence-corrected chi connectivity index (χ1v) is 12.4. The van der Waals surface area contributed by atoms with Crippen LogP contribution in [0.2, 0.25) is 0 Å². The Morgan fingerprint density at radius 3 is 2.21 bits per heavy atom. The fraction of sp³-hybridized carbons (Fsp3) is 0.333. The summed E-state index contributed by atoms with van der Waals surface area (Å²) in [7, 11) is 0. The van der Waals surface area contributed by atoms with Gasteiger partial charge < -0.3 is 16.0 Å². The number of piperidine rings is 1. The Morgan fingerprint density at radius 2 is 1.52 bits per heavy atom. The molecular formula is C27H31N5S. The molecule has 5 nitrogen and oxygen atoms in total. The Morgan fingerprint density at radius 1 is 0.848 bits per heavy atom. The molecule has 4 aromatic rings. The van der Waals surface area contributed by atoms with E-state index in [4.69, 9.17) is 9.97 Å². The van der Waals surface area contributed by atoms with Crippen molar-refractivity contribution in [1.82, 2.24) is 15.3 Å². The zero-order chi connectivity index (χ0) is 23.1. The second kappa shape index (κ2) is 8.43. The van der Waals surface area contributed by atoms with Gasteiger partial charge in [0, 0.05) is 22.8 Å². The Labute approximate surface area is 199 Å². The molecular weight excluding hydrogens is 426 g/mol. The second-order valence-electron chi connectivity index (χ2n) is 10.2. The van der Waals surface area contributed by atoms with Gasteiger partial charge in [-0.1, -0.05) is 42.5 Å². The lowest BCUT2D eigenvalue weighted by atomic mass is 9.80. The van der Waals surface area contributed by atoms with Crippen LogP contribution in [0.25, 0.3) is 21.3 Å². The number of benzene rings is 2. The van der Waals surface area contributed by atoms with E-state index in [1.54, 1.807) is 11.3 Å². The van der Waals surface area contributed by atoms with Gasteiger partial charge in [0.2, 0.25) is 5.95 Å². The molecule has 5 rings (SSSR count). The molecule has 3 heterocycles. The highest BCUT2D eigenvalue weighted by Gasteiger charge is 2.37. The largest absolute Gasteiger partial charge is 0.351 e. The monoisotopic (exact) mass is 457 g/mol. The van der Waals surface area contributed by atoms with E-state index in [0.29, 0.717) is 12.0 Å². The SMILES string of the molecule is CC1(C)CC(Nc2nc(Nc3ccc(-c4ccccc4)cc3)c3sccc3n2)CC(C)(C)N1. The van der Waals surface area contributed by atoms with Crippen LogP contribution in [-0.2, 0) is 0 Å². The van der Waals surface area contributed by atoms with Crippen LogP contribution in [0, 0.1) is 0 Å². The van der Waals surface area contributed by atoms with Gasteiger partial charge in [-0.05, 0) is 75.2 Å². The number of hydrogen-bond acceptors (Lipinski definition) is 6. The van der Waals surface area contributed by atoms with Gasteiger partial charge >= 0.3 is 0 Å². The third-order valence-corrected chi connectivity index (χ3v) is 6.99. The fourth-order valence-electron chi connectivity index (χ4n) is 5.13. The first-order chi connectivity index (χ1) is 15.8. The summed E-state index contributed by atoms with van der Waals surface area (Å²) in [5.41, 5.74) is 4.52. The molecule has 2 aromatic heterocycles. The van der Waals surface area contributed by atoms with Crippen molar-refractivity contribution in [3.05, 3.63) is 66.0 Å². The van der Waals surface area contributed by atoms with Crippen LogP contribution in [0.3, 0.4) is 0 Å². The third-order valence-electron chi connectivity index (χ3n) is 6.08. The molecule has 1 saturated heterocycles. The maximum absolute atomic E-state index is 4.90. The molecule has 0 saturated carbocycles. The molecule has 0 radical (unpaired) electrons. The number of fused-ring (bicyclic) bond motifs is 1. The van der Waals surface area contributed by atoms with Crippen molar-refractivity contribution in [2.75, 3.05) is 10.6 Å². The zero-order valence-corrected chi connectivity index (χ0v) is 20.5. The topological polar surface area (TPSA) is 61.9 Å². The molecule has 3 N–H and O–H groups in total. The molecule has 0 aliphatic carbocycles. The number of nitrogens with one attached hydrogen (secondary N) is 3. The highest BCUT2D eigenvalue weighted by Crippen LogP contribution is 2.33. The number of nitrogens with zero attached hydrogens (tertiary/aromatic N) is 2. The highest BCUT2D eigenvalue weighted by atomic mass is 32.1. The first-order valence-electron chi connectivity index (χ1n) is 11.5. The number of rotatable bonds is 5. The Kier molecular flexibility index (Phi) is 5.59. The van der Waals surface area contributed by atoms with E-state index < -0.39 is 0 Å². The summed E-state index contributed by atoms with van der Waals surface area (Å²) in [6, 6.07) is 21.3. The highest BCUT2D eigenvalue weighted by molar-refractivity contribution is 7.17. The summed E-state index contributed by atoms with van der Waals surface area (Å²) < 4.78 is 1.07. The summed E-state index contributed by atoms with van der Waals surface area (Å²) in [5, 5.41) is 13.0. The third kappa shape index (κ3) is 5.02. The van der Waals surface area contributed by atoms with Crippen molar-refractivity contribution in [3.8, 4) is 11.1 Å². The van der Waals surface area contributed by atoms with Crippen molar-refractivity contribution in [2.24, 2.45) is 0 Å². The lowest BCUT2D eigenvalue weighted by Crippen LogP contribution is -2.60. The molecule has 0 amide bonds. The van der Waals surface area contributed by atoms with E-state index in [-0.39, 0.29) is 11.1 Å². The second-order valence-corrected chi connectivity index (χ2v) is 11.2. The average Bonchev–Trinajstić information content (AvgIpc) is 3.22. The van der Waals surface area contributed by atoms with E-state index in [1.165, 1.54) is 11.1 Å². The molecule has 1 aliphatic heterocycles. The predicted octanol–water partition coefficient (Wildman–Crippen LogP) is 6.82. The van der Waals surface area contributed by atoms with Crippen molar-refractivity contribution >= 4 is 39.0 Å². The lowest BCUT2D eigenvalue weighted by molar-refractivity contribution is 0.170. The van der Waals surface area contributed by atoms with E-state index in [2.05, 4.69) is 104 Å². The summed E-state index contributed by atoms with van der Waals surface area (Å²) in [4.78, 5) is 9.70. The summed E-state index contributed by atoms with van der Waals surface area (Å²) in [6.07, 6.45) is 2.04. The Hall–Kier alpha value is -2.96. The number of hydrogen-bond donors (Lipinski definition) is 3. The smallest absolute Gasteiger partial charge is 0.225 e. The van der Waals surface area contributed by atoms with Crippen LogP contribution < -0.4 is 16.0 Å². The van der Waals surface area contributed by atoms with Crippen LogP contribution in [-0.4, -0.2) is 27.1 Å². The van der Waals surface area contributed by atoms with Crippen molar-refractivity contribution in [3.63, 3.8) is 0 Å². The lowest BCUT2D eigenvalue weighted by Gasteiger charge is -2.46. The first kappa shape index (κ1) is 21.9. The number of aromatic nitrogens is 2. The molecule has 1 fully saturated rings. The van der Waals surface area contributed by atoms with Gasteiger partial charge in [-0.15, -0.1) is 11.3 Å². The van der Waals surface area contributed by atoms with Crippen LogP contribution in [0.5, 0.6) is 0 Å². The minimum absolute atomic E-state index is 0.0630. The average molecular weight is 458 g/mol. The van der Waals surface area contributed by atoms with Crippen molar-refractivity contribution in [2.45, 2.75) is 57.7 Å². The standard InChI is InChI=1S/C27H31N5S/c1-26(2)16-21(17-27(3,4)32-26)29-25-30-22-14-15-33-23(22)24(31-25)28-20-12-10-19(11-13-20)18-8-6-5-7-9-18/h5-15,21,32H,16-17H2,1-4H3,(H2,28,29,30,31). The van der Waals surface area contributed by atoms with Gasteiger partial charge in [0.05, 0.1) is 10.2 Å². The van der Waals surface area contributed by atoms with E-state index in [9.17, 15) is 0 Å². The molecule has 1 aliphatic rings. The van der Waals surface area contributed by atoms with Crippen LogP contribution in [0.4, 0.5) is 17.5 Å². The van der Waals surface area contributed by atoms with Crippen LogP contribution >= 0.6 is 11.3 Å². The Bertz CT molecular complexity index is 1230. The molecule has 170 valence electrons. The Balaban J connectivity index is 1.39. The van der Waals surface area contributed by atoms with E-state index in [1.807, 2.05) is 6.07 Å². The van der Waals surface area contributed by atoms with Gasteiger partial charge in [0.1, 0.15) is 0 Å². The van der Waals surface area contributed by atoms with Crippen LogP contribution in [0.1, 0.15) is 40.5 Å². The predicted molar refractivity (Wildman–Crippen MR) is 141 cm³/mol. The van der Waals surface area contributed by atoms with Crippen LogP contribution in [0.15, 0.2) is 66.0 Å². The molecule has 6 heteroatoms. The van der Waals surface area contributed by atoms with Gasteiger partial charge in [-0.2, -0.15) is 4.98 Å². The molecule has 0 bridgehead atoms. The van der Waals surface area contributed by atoms with E-state index >= 15 is 0 Å². The maximum atomic E-state index is 4.90. The summed E-state index contributed by atoms with van der Waals surface area (Å²) in [6.45, 7) is 9.05. The van der Waals surface area contributed by atoms with Crippen molar-refractivity contribution < 1.29 is 0 Å². The minimum Gasteiger partial charge on any atom is -0.351 e. The van der Waals surface area contributed by atoms with Gasteiger partial charge in [-0.3, -0.25) is 0 Å². The summed E-state index contributed by atoms with van der Waals surface area (Å²) in [5.74, 6) is 1.53. The summed E-state index contributed by atoms with van der Waals surface area (Å²) >= 11 is 1.66. The quantitative estimate of drug-likeness (QED) is 0.307. The van der Waals surface area contributed by atoms with E-state index in [0.717, 1.165) is 34.6 Å². The maximum Gasteiger partial charge on any atom is 0.225 e. The number of anilines is 3. The normalized spacial score (nSPS) is 17.7. The molecule has 2 aromatic carbocycles. The molecule has 33 heavy (non-hydrogen) atoms. The minimum atomic E-state index is 0.0630. The molecule has 0 spiro atoms. The number of thiophene rings is 1. The van der Waals surface area contributed by atoms with Gasteiger partial charge in [-0.25, -0.2) is 4.98 Å². The molecule has 0 unspecified atom stereocenters.